The number of fused-ring (bicyclic) bond motifs is 1. The van der Waals surface area contributed by atoms with Crippen LogP contribution < -0.4 is 14.2 Å². The van der Waals surface area contributed by atoms with E-state index in [1.54, 1.807) is 6.07 Å². The van der Waals surface area contributed by atoms with Crippen molar-refractivity contribution < 1.29 is 29.2 Å². The monoisotopic (exact) mass is 358 g/mol. The first-order valence-electron chi connectivity index (χ1n) is 8.67. The lowest BCUT2D eigenvalue weighted by Crippen LogP contribution is -2.22. The lowest BCUT2D eigenvalue weighted by Gasteiger charge is -2.24. The van der Waals surface area contributed by atoms with Gasteiger partial charge in [0, 0.05) is 5.92 Å². The molecule has 0 spiro atoms. The Morgan fingerprint density at radius 2 is 1.96 bits per heavy atom. The minimum absolute atomic E-state index is 0.0184. The largest absolute Gasteiger partial charge is 0.504 e. The van der Waals surface area contributed by atoms with Gasteiger partial charge in [0.1, 0.15) is 0 Å². The number of benzene rings is 2. The number of aliphatic hydroxyl groups is 1. The molecule has 1 unspecified atom stereocenters. The lowest BCUT2D eigenvalue weighted by molar-refractivity contribution is 0.0810. The van der Waals surface area contributed by atoms with Crippen LogP contribution in [-0.2, 0) is 11.2 Å². The van der Waals surface area contributed by atoms with Crippen molar-refractivity contribution in [1.82, 2.24) is 0 Å². The van der Waals surface area contributed by atoms with Crippen molar-refractivity contribution in [2.45, 2.75) is 12.5 Å². The summed E-state index contributed by atoms with van der Waals surface area (Å²) in [5.74, 6) is 2.10. The Hall–Kier alpha value is -2.44. The highest BCUT2D eigenvalue weighted by atomic mass is 16.7. The molecule has 0 bridgehead atoms. The molecule has 26 heavy (non-hydrogen) atoms. The van der Waals surface area contributed by atoms with Gasteiger partial charge in [-0.1, -0.05) is 12.1 Å². The molecule has 6 heteroatoms. The summed E-state index contributed by atoms with van der Waals surface area (Å²) in [6.07, 6.45) is 0.0964. The predicted octanol–water partition coefficient (Wildman–Crippen LogP) is 2.67. The molecule has 2 aromatic rings. The van der Waals surface area contributed by atoms with E-state index in [1.165, 1.54) is 7.11 Å². The van der Waals surface area contributed by atoms with Gasteiger partial charge in [0.25, 0.3) is 0 Å². The standard InChI is InChI=1S/C20H22O6/c1-23-18-7-12(2-4-16(18)21)6-14-9-24-10-15(14)20(22)13-3-5-17-19(8-13)26-11-25-17/h2-5,7-8,14-15,20-22H,6,9-11H2,1H3/t14-,15+,20?/m0/s1. The molecule has 2 heterocycles. The molecule has 0 saturated carbocycles. The highest BCUT2D eigenvalue weighted by Gasteiger charge is 2.35. The molecule has 0 amide bonds. The predicted molar refractivity (Wildman–Crippen MR) is 93.7 cm³/mol. The molecule has 138 valence electrons. The van der Waals surface area contributed by atoms with E-state index in [0.717, 1.165) is 17.5 Å². The third-order valence-electron chi connectivity index (χ3n) is 5.13. The van der Waals surface area contributed by atoms with E-state index in [0.29, 0.717) is 30.5 Å². The van der Waals surface area contributed by atoms with E-state index in [1.807, 2.05) is 30.3 Å². The maximum Gasteiger partial charge on any atom is 0.231 e. The van der Waals surface area contributed by atoms with E-state index < -0.39 is 6.10 Å². The van der Waals surface area contributed by atoms with Gasteiger partial charge in [-0.2, -0.15) is 0 Å². The third-order valence-corrected chi connectivity index (χ3v) is 5.13. The summed E-state index contributed by atoms with van der Waals surface area (Å²) in [6.45, 7) is 1.32. The lowest BCUT2D eigenvalue weighted by atomic mass is 9.83. The fraction of sp³-hybridized carbons (Fsp3) is 0.400. The second-order valence-corrected chi connectivity index (χ2v) is 6.73. The van der Waals surface area contributed by atoms with Crippen molar-refractivity contribution in [1.29, 1.82) is 0 Å². The van der Waals surface area contributed by atoms with Crippen LogP contribution in [0.15, 0.2) is 36.4 Å². The zero-order valence-corrected chi connectivity index (χ0v) is 14.6. The van der Waals surface area contributed by atoms with Gasteiger partial charge >= 0.3 is 0 Å². The second kappa shape index (κ2) is 7.05. The molecule has 2 aliphatic rings. The highest BCUT2D eigenvalue weighted by molar-refractivity contribution is 5.45. The van der Waals surface area contributed by atoms with Gasteiger partial charge < -0.3 is 29.2 Å². The molecule has 2 aromatic carbocycles. The van der Waals surface area contributed by atoms with Crippen LogP contribution in [0.2, 0.25) is 0 Å². The summed E-state index contributed by atoms with van der Waals surface area (Å²) in [5.41, 5.74) is 1.84. The van der Waals surface area contributed by atoms with E-state index >= 15 is 0 Å². The quantitative estimate of drug-likeness (QED) is 0.856. The maximum absolute atomic E-state index is 10.9. The number of aromatic hydroxyl groups is 1. The van der Waals surface area contributed by atoms with Crippen LogP contribution in [0.3, 0.4) is 0 Å². The number of phenolic OH excluding ortho intramolecular Hbond substituents is 1. The van der Waals surface area contributed by atoms with Gasteiger partial charge in [-0.05, 0) is 47.7 Å². The van der Waals surface area contributed by atoms with Crippen molar-refractivity contribution >= 4 is 0 Å². The van der Waals surface area contributed by atoms with Crippen molar-refractivity contribution in [2.24, 2.45) is 11.8 Å². The van der Waals surface area contributed by atoms with Gasteiger partial charge in [0.2, 0.25) is 6.79 Å². The second-order valence-electron chi connectivity index (χ2n) is 6.73. The fourth-order valence-electron chi connectivity index (χ4n) is 3.67. The Balaban J connectivity index is 1.51. The Bertz CT molecular complexity index is 790. The number of hydrogen-bond acceptors (Lipinski definition) is 6. The number of ether oxygens (including phenoxy) is 4. The Morgan fingerprint density at radius 1 is 1.12 bits per heavy atom. The van der Waals surface area contributed by atoms with E-state index in [2.05, 4.69) is 0 Å². The summed E-state index contributed by atoms with van der Waals surface area (Å²) in [5, 5.41) is 20.7. The normalized spacial score (nSPS) is 22.4. The van der Waals surface area contributed by atoms with Crippen LogP contribution in [0.4, 0.5) is 0 Å². The number of phenols is 1. The van der Waals surface area contributed by atoms with Crippen LogP contribution >= 0.6 is 0 Å². The zero-order chi connectivity index (χ0) is 18.1. The molecular formula is C20H22O6. The van der Waals surface area contributed by atoms with Gasteiger partial charge in [-0.25, -0.2) is 0 Å². The first-order chi connectivity index (χ1) is 12.7. The van der Waals surface area contributed by atoms with E-state index in [4.69, 9.17) is 18.9 Å². The van der Waals surface area contributed by atoms with Gasteiger partial charge in [0.05, 0.1) is 26.4 Å². The summed E-state index contributed by atoms with van der Waals surface area (Å²) in [4.78, 5) is 0. The average molecular weight is 358 g/mol. The molecule has 2 aliphatic heterocycles. The van der Waals surface area contributed by atoms with Gasteiger partial charge in [-0.3, -0.25) is 0 Å². The molecule has 6 nitrogen and oxygen atoms in total. The van der Waals surface area contributed by atoms with Crippen LogP contribution in [0.1, 0.15) is 17.2 Å². The Labute approximate surface area is 151 Å². The van der Waals surface area contributed by atoms with Crippen LogP contribution in [-0.4, -0.2) is 37.3 Å². The van der Waals surface area contributed by atoms with E-state index in [9.17, 15) is 10.2 Å². The first-order valence-corrected chi connectivity index (χ1v) is 8.67. The molecule has 0 aliphatic carbocycles. The summed E-state index contributed by atoms with van der Waals surface area (Å²) >= 11 is 0. The van der Waals surface area contributed by atoms with Crippen molar-refractivity contribution in [2.75, 3.05) is 27.1 Å². The zero-order valence-electron chi connectivity index (χ0n) is 14.6. The molecule has 0 aromatic heterocycles. The third kappa shape index (κ3) is 3.18. The topological polar surface area (TPSA) is 77.4 Å². The van der Waals surface area contributed by atoms with Gasteiger partial charge in [-0.15, -0.1) is 0 Å². The first kappa shape index (κ1) is 17.0. The van der Waals surface area contributed by atoms with Crippen molar-refractivity contribution in [3.63, 3.8) is 0 Å². The molecule has 3 atom stereocenters. The van der Waals surface area contributed by atoms with Crippen molar-refractivity contribution in [3.05, 3.63) is 47.5 Å². The minimum atomic E-state index is -0.643. The summed E-state index contributed by atoms with van der Waals surface area (Å²) < 4.78 is 21.6. The van der Waals surface area contributed by atoms with Crippen LogP contribution in [0, 0.1) is 11.8 Å². The number of rotatable bonds is 5. The summed E-state index contributed by atoms with van der Waals surface area (Å²) in [7, 11) is 1.53. The Kier molecular flexibility index (Phi) is 4.61. The average Bonchev–Trinajstić information content (AvgIpc) is 3.31. The van der Waals surface area contributed by atoms with Gasteiger partial charge in [0.15, 0.2) is 23.0 Å². The SMILES string of the molecule is COc1cc(C[C@H]2COC[C@H]2C(O)c2ccc3c(c2)OCO3)ccc1O. The number of methoxy groups -OCH3 is 1. The molecular weight excluding hydrogens is 336 g/mol. The van der Waals surface area contributed by atoms with E-state index in [-0.39, 0.29) is 24.4 Å². The Morgan fingerprint density at radius 3 is 2.81 bits per heavy atom. The maximum atomic E-state index is 10.9. The fourth-order valence-corrected chi connectivity index (χ4v) is 3.67. The molecule has 0 radical (unpaired) electrons. The molecule has 1 saturated heterocycles. The summed E-state index contributed by atoms with van der Waals surface area (Å²) in [6, 6.07) is 10.9. The number of hydrogen-bond donors (Lipinski definition) is 2. The molecule has 1 fully saturated rings. The number of aliphatic hydroxyl groups excluding tert-OH is 1. The van der Waals surface area contributed by atoms with Crippen LogP contribution in [0.5, 0.6) is 23.0 Å². The highest BCUT2D eigenvalue weighted by Crippen LogP contribution is 2.40. The minimum Gasteiger partial charge on any atom is -0.504 e. The molecule has 4 rings (SSSR count). The molecule has 2 N–H and O–H groups in total. The van der Waals surface area contributed by atoms with Crippen LogP contribution in [0.25, 0.3) is 0 Å². The smallest absolute Gasteiger partial charge is 0.231 e. The van der Waals surface area contributed by atoms with Crippen molar-refractivity contribution in [3.8, 4) is 23.0 Å².